The number of amides is 1. The Balaban J connectivity index is 1.29. The second kappa shape index (κ2) is 7.93. The van der Waals surface area contributed by atoms with Crippen molar-refractivity contribution >= 4 is 11.7 Å². The summed E-state index contributed by atoms with van der Waals surface area (Å²) in [6.45, 7) is 6.81. The van der Waals surface area contributed by atoms with Crippen molar-refractivity contribution in [1.82, 2.24) is 24.6 Å². The van der Waals surface area contributed by atoms with Gasteiger partial charge in [-0.2, -0.15) is 5.10 Å². The molecule has 5 rings (SSSR count). The molecule has 0 unspecified atom stereocenters. The summed E-state index contributed by atoms with van der Waals surface area (Å²) in [5.74, 6) is 2.63. The summed E-state index contributed by atoms with van der Waals surface area (Å²) >= 11 is 0. The molecular formula is C24H28N6O2. The van der Waals surface area contributed by atoms with Crippen molar-refractivity contribution in [2.75, 3.05) is 38.2 Å². The van der Waals surface area contributed by atoms with Crippen LogP contribution in [0.2, 0.25) is 0 Å². The first-order chi connectivity index (χ1) is 15.5. The number of nitrogens with zero attached hydrogens (tertiary/aromatic N) is 6. The fourth-order valence-electron chi connectivity index (χ4n) is 4.69. The maximum Gasteiger partial charge on any atom is 0.233 e. The van der Waals surface area contributed by atoms with Crippen LogP contribution in [-0.4, -0.2) is 63.8 Å². The van der Waals surface area contributed by atoms with Gasteiger partial charge in [-0.3, -0.25) is 4.79 Å². The predicted molar refractivity (Wildman–Crippen MR) is 121 cm³/mol. The first kappa shape index (κ1) is 20.5. The van der Waals surface area contributed by atoms with Crippen molar-refractivity contribution in [2.24, 2.45) is 0 Å². The zero-order valence-electron chi connectivity index (χ0n) is 18.8. The summed E-state index contributed by atoms with van der Waals surface area (Å²) in [5.41, 5.74) is 2.58. The van der Waals surface area contributed by atoms with Crippen LogP contribution in [0.4, 0.5) is 5.82 Å². The van der Waals surface area contributed by atoms with Crippen LogP contribution in [0.1, 0.15) is 29.8 Å². The SMILES string of the molecule is COc1ccccc1C1(C(=O)N2CCN(c3cc(-n4nc(C)cc4C)ncn3)CC2)CC1. The molecule has 1 aliphatic heterocycles. The number of carbonyl (C=O) groups excluding carboxylic acids is 1. The van der Waals surface area contributed by atoms with Crippen LogP contribution in [0.15, 0.2) is 42.7 Å². The normalized spacial score (nSPS) is 17.3. The summed E-state index contributed by atoms with van der Waals surface area (Å²) in [7, 11) is 1.67. The molecular weight excluding hydrogens is 404 g/mol. The summed E-state index contributed by atoms with van der Waals surface area (Å²) in [6, 6.07) is 11.9. The van der Waals surface area contributed by atoms with Crippen LogP contribution in [0.3, 0.4) is 0 Å². The molecule has 1 aromatic carbocycles. The third kappa shape index (κ3) is 3.49. The van der Waals surface area contributed by atoms with E-state index in [1.54, 1.807) is 13.4 Å². The molecule has 2 aliphatic rings. The Hall–Kier alpha value is -3.42. The van der Waals surface area contributed by atoms with E-state index >= 15 is 0 Å². The molecule has 166 valence electrons. The fourth-order valence-corrected chi connectivity index (χ4v) is 4.69. The van der Waals surface area contributed by atoms with Crippen molar-refractivity contribution in [3.63, 3.8) is 0 Å². The first-order valence-electron chi connectivity index (χ1n) is 11.1. The molecule has 3 aromatic rings. The third-order valence-electron chi connectivity index (χ3n) is 6.54. The molecule has 0 spiro atoms. The minimum Gasteiger partial charge on any atom is -0.496 e. The highest BCUT2D eigenvalue weighted by Crippen LogP contribution is 2.52. The number of anilines is 1. The first-order valence-corrected chi connectivity index (χ1v) is 11.1. The zero-order chi connectivity index (χ0) is 22.3. The highest BCUT2D eigenvalue weighted by atomic mass is 16.5. The number of methoxy groups -OCH3 is 1. The molecule has 2 fully saturated rings. The molecule has 8 nitrogen and oxygen atoms in total. The van der Waals surface area contributed by atoms with Crippen molar-refractivity contribution in [2.45, 2.75) is 32.1 Å². The lowest BCUT2D eigenvalue weighted by atomic mass is 9.93. The number of ether oxygens (including phenoxy) is 1. The van der Waals surface area contributed by atoms with Crippen molar-refractivity contribution in [1.29, 1.82) is 0 Å². The Labute approximate surface area is 187 Å². The van der Waals surface area contributed by atoms with Gasteiger partial charge in [-0.05, 0) is 38.8 Å². The van der Waals surface area contributed by atoms with Crippen LogP contribution >= 0.6 is 0 Å². The van der Waals surface area contributed by atoms with Gasteiger partial charge in [0.05, 0.1) is 18.2 Å². The lowest BCUT2D eigenvalue weighted by Gasteiger charge is -2.37. The Morgan fingerprint density at radius 1 is 1.00 bits per heavy atom. The van der Waals surface area contributed by atoms with Gasteiger partial charge in [0, 0.05) is 43.5 Å². The molecule has 1 saturated heterocycles. The Kier molecular flexibility index (Phi) is 5.07. The van der Waals surface area contributed by atoms with Crippen LogP contribution < -0.4 is 9.64 Å². The second-order valence-corrected chi connectivity index (χ2v) is 8.63. The van der Waals surface area contributed by atoms with Gasteiger partial charge in [0.15, 0.2) is 5.82 Å². The molecule has 0 radical (unpaired) electrons. The highest BCUT2D eigenvalue weighted by molar-refractivity contribution is 5.92. The van der Waals surface area contributed by atoms with Crippen LogP contribution in [0.25, 0.3) is 5.82 Å². The monoisotopic (exact) mass is 432 g/mol. The van der Waals surface area contributed by atoms with Gasteiger partial charge < -0.3 is 14.5 Å². The number of para-hydroxylation sites is 1. The van der Waals surface area contributed by atoms with E-state index in [4.69, 9.17) is 4.74 Å². The lowest BCUT2D eigenvalue weighted by Crippen LogP contribution is -2.51. The maximum atomic E-state index is 13.5. The number of piperazine rings is 1. The molecule has 2 aromatic heterocycles. The van der Waals surface area contributed by atoms with E-state index in [2.05, 4.69) is 20.0 Å². The van der Waals surface area contributed by atoms with E-state index in [0.29, 0.717) is 13.1 Å². The number of aromatic nitrogens is 4. The molecule has 0 N–H and O–H groups in total. The second-order valence-electron chi connectivity index (χ2n) is 8.63. The van der Waals surface area contributed by atoms with E-state index in [0.717, 1.165) is 60.3 Å². The number of hydrogen-bond donors (Lipinski definition) is 0. The number of benzene rings is 1. The minimum absolute atomic E-state index is 0.215. The van der Waals surface area contributed by atoms with Crippen molar-refractivity contribution < 1.29 is 9.53 Å². The predicted octanol–water partition coefficient (Wildman–Crippen LogP) is 2.67. The molecule has 0 bridgehead atoms. The van der Waals surface area contributed by atoms with Gasteiger partial charge in [0.1, 0.15) is 17.9 Å². The molecule has 1 saturated carbocycles. The minimum atomic E-state index is -0.424. The molecule has 0 atom stereocenters. The van der Waals surface area contributed by atoms with Gasteiger partial charge in [0.25, 0.3) is 0 Å². The third-order valence-corrected chi connectivity index (χ3v) is 6.54. The number of aryl methyl sites for hydroxylation is 2. The van der Waals surface area contributed by atoms with E-state index in [-0.39, 0.29) is 5.91 Å². The average molecular weight is 433 g/mol. The molecule has 32 heavy (non-hydrogen) atoms. The molecule has 1 amide bonds. The summed E-state index contributed by atoms with van der Waals surface area (Å²) in [5, 5.41) is 4.52. The molecule has 8 heteroatoms. The maximum absolute atomic E-state index is 13.5. The number of hydrogen-bond acceptors (Lipinski definition) is 6. The Bertz CT molecular complexity index is 1140. The summed E-state index contributed by atoms with van der Waals surface area (Å²) in [6.07, 6.45) is 3.34. The van der Waals surface area contributed by atoms with Gasteiger partial charge in [0.2, 0.25) is 5.91 Å². The summed E-state index contributed by atoms with van der Waals surface area (Å²) in [4.78, 5) is 26.6. The van der Waals surface area contributed by atoms with E-state index in [1.807, 2.05) is 59.8 Å². The Morgan fingerprint density at radius 3 is 2.38 bits per heavy atom. The van der Waals surface area contributed by atoms with Crippen molar-refractivity contribution in [3.05, 3.63) is 59.7 Å². The standard InChI is InChI=1S/C24H28N6O2/c1-17-14-18(2)30(27-17)22-15-21(25-16-26-22)28-10-12-29(13-11-28)23(31)24(8-9-24)19-6-4-5-7-20(19)32-3/h4-7,14-16H,8-13H2,1-3H3. The van der Waals surface area contributed by atoms with Gasteiger partial charge in [-0.1, -0.05) is 18.2 Å². The zero-order valence-corrected chi connectivity index (χ0v) is 18.8. The molecule has 1 aliphatic carbocycles. The quantitative estimate of drug-likeness (QED) is 0.617. The van der Waals surface area contributed by atoms with Crippen LogP contribution in [0.5, 0.6) is 5.75 Å². The number of rotatable bonds is 5. The van der Waals surface area contributed by atoms with E-state index in [1.165, 1.54) is 0 Å². The van der Waals surface area contributed by atoms with E-state index in [9.17, 15) is 4.79 Å². The van der Waals surface area contributed by atoms with Crippen molar-refractivity contribution in [3.8, 4) is 11.6 Å². The molecule has 3 heterocycles. The smallest absolute Gasteiger partial charge is 0.233 e. The van der Waals surface area contributed by atoms with Gasteiger partial charge >= 0.3 is 0 Å². The van der Waals surface area contributed by atoms with Gasteiger partial charge in [-0.25, -0.2) is 14.6 Å². The van der Waals surface area contributed by atoms with E-state index < -0.39 is 5.41 Å². The largest absolute Gasteiger partial charge is 0.496 e. The highest BCUT2D eigenvalue weighted by Gasteiger charge is 2.54. The fraction of sp³-hybridized carbons (Fsp3) is 0.417. The Morgan fingerprint density at radius 2 is 1.72 bits per heavy atom. The van der Waals surface area contributed by atoms with Gasteiger partial charge in [-0.15, -0.1) is 0 Å². The van der Waals surface area contributed by atoms with Crippen LogP contribution in [0, 0.1) is 13.8 Å². The van der Waals surface area contributed by atoms with Crippen LogP contribution in [-0.2, 0) is 10.2 Å². The number of carbonyl (C=O) groups is 1. The summed E-state index contributed by atoms with van der Waals surface area (Å²) < 4.78 is 7.38. The average Bonchev–Trinajstić information content (AvgIpc) is 3.57. The lowest BCUT2D eigenvalue weighted by molar-refractivity contribution is -0.134. The topological polar surface area (TPSA) is 76.4 Å².